The maximum Gasteiger partial charge on any atom is 0.163 e. The fourth-order valence-electron chi connectivity index (χ4n) is 0.269. The van der Waals surface area contributed by atoms with Crippen molar-refractivity contribution in [2.24, 2.45) is 5.73 Å². The highest BCUT2D eigenvalue weighted by Crippen LogP contribution is 2.01. The van der Waals surface area contributed by atoms with Crippen molar-refractivity contribution in [1.29, 1.82) is 5.41 Å². The molecule has 0 fully saturated rings. The number of amidine groups is 1. The van der Waals surface area contributed by atoms with Crippen LogP contribution >= 0.6 is 0 Å². The Morgan fingerprint density at radius 2 is 1.88 bits per heavy atom. The van der Waals surface area contributed by atoms with E-state index in [0.29, 0.717) is 5.57 Å². The van der Waals surface area contributed by atoms with E-state index in [1.807, 2.05) is 0 Å². The number of allylic oxidation sites excluding steroid dienone is 1. The Morgan fingerprint density at radius 3 is 1.88 bits per heavy atom. The zero-order valence-electron chi connectivity index (χ0n) is 4.96. The first-order valence-electron chi connectivity index (χ1n) is 2.23. The van der Waals surface area contributed by atoms with Gasteiger partial charge in [0, 0.05) is 0 Å². The second-order valence-electron chi connectivity index (χ2n) is 1.73. The molecule has 3 heteroatoms. The number of halogens is 1. The standard InChI is InChI=1S/C5H9FN2/c1-3(2)4(6)5(7)8/h1-2H3,(H3,7,8). The Morgan fingerprint density at radius 1 is 1.50 bits per heavy atom. The molecule has 3 N–H and O–H groups in total. The molecule has 0 aliphatic heterocycles. The molecule has 46 valence electrons. The van der Waals surface area contributed by atoms with Gasteiger partial charge in [0.15, 0.2) is 11.7 Å². The number of hydrogen-bond donors (Lipinski definition) is 2. The predicted octanol–water partition coefficient (Wildman–Crippen LogP) is 1.19. The Balaban J connectivity index is 4.23. The van der Waals surface area contributed by atoms with E-state index in [4.69, 9.17) is 11.1 Å². The molecule has 0 spiro atoms. The van der Waals surface area contributed by atoms with Gasteiger partial charge in [-0.15, -0.1) is 0 Å². The monoisotopic (exact) mass is 116 g/mol. The first-order valence-corrected chi connectivity index (χ1v) is 2.23. The van der Waals surface area contributed by atoms with Crippen LogP contribution in [0.5, 0.6) is 0 Å². The number of nitrogens with two attached hydrogens (primary N) is 1. The first kappa shape index (κ1) is 7.14. The molecule has 8 heavy (non-hydrogen) atoms. The van der Waals surface area contributed by atoms with Crippen LogP contribution in [0.1, 0.15) is 13.8 Å². The molecule has 0 bridgehead atoms. The third-order valence-electron chi connectivity index (χ3n) is 0.675. The van der Waals surface area contributed by atoms with E-state index >= 15 is 0 Å². The lowest BCUT2D eigenvalue weighted by Gasteiger charge is -1.92. The minimum absolute atomic E-state index is 0.442. The molecule has 0 rings (SSSR count). The molecular weight excluding hydrogens is 107 g/mol. The van der Waals surface area contributed by atoms with E-state index in [1.54, 1.807) is 13.8 Å². The maximum absolute atomic E-state index is 12.2. The number of hydrogen-bond acceptors (Lipinski definition) is 1. The van der Waals surface area contributed by atoms with Gasteiger partial charge in [0.2, 0.25) is 0 Å². The van der Waals surface area contributed by atoms with Gasteiger partial charge in [0.25, 0.3) is 0 Å². The highest BCUT2D eigenvalue weighted by molar-refractivity contribution is 5.92. The lowest BCUT2D eigenvalue weighted by Crippen LogP contribution is -2.10. The molecule has 0 aromatic carbocycles. The van der Waals surface area contributed by atoms with Gasteiger partial charge in [0.05, 0.1) is 0 Å². The lowest BCUT2D eigenvalue weighted by molar-refractivity contribution is 0.665. The van der Waals surface area contributed by atoms with Gasteiger partial charge in [0.1, 0.15) is 0 Å². The zero-order valence-corrected chi connectivity index (χ0v) is 4.96. The highest BCUT2D eigenvalue weighted by Gasteiger charge is 1.97. The predicted molar refractivity (Wildman–Crippen MR) is 31.4 cm³/mol. The minimum atomic E-state index is -0.620. The molecule has 0 atom stereocenters. The van der Waals surface area contributed by atoms with Crippen molar-refractivity contribution in [2.45, 2.75) is 13.8 Å². The SMILES string of the molecule is CC(C)=C(F)C(=N)N. The second-order valence-corrected chi connectivity index (χ2v) is 1.73. The Kier molecular flexibility index (Phi) is 2.19. The first-order chi connectivity index (χ1) is 3.55. The average Bonchev–Trinajstić information content (AvgIpc) is 1.64. The Labute approximate surface area is 47.7 Å². The van der Waals surface area contributed by atoms with Crippen LogP contribution in [0.3, 0.4) is 0 Å². The van der Waals surface area contributed by atoms with Gasteiger partial charge in [-0.05, 0) is 19.4 Å². The molecule has 0 aliphatic carbocycles. The van der Waals surface area contributed by atoms with E-state index in [-0.39, 0.29) is 0 Å². The summed E-state index contributed by atoms with van der Waals surface area (Å²) in [5.41, 5.74) is 5.23. The number of rotatable bonds is 1. The summed E-state index contributed by atoms with van der Waals surface area (Å²) < 4.78 is 12.2. The third kappa shape index (κ3) is 1.73. The summed E-state index contributed by atoms with van der Waals surface area (Å²) in [5, 5.41) is 6.58. The summed E-state index contributed by atoms with van der Waals surface area (Å²) in [4.78, 5) is 0. The molecule has 0 radical (unpaired) electrons. The van der Waals surface area contributed by atoms with Crippen molar-refractivity contribution in [3.8, 4) is 0 Å². The van der Waals surface area contributed by atoms with Crippen LogP contribution in [0.25, 0.3) is 0 Å². The molecule has 0 aromatic heterocycles. The normalized spacial score (nSPS) is 8.38. The summed E-state index contributed by atoms with van der Waals surface area (Å²) >= 11 is 0. The molecule has 0 aliphatic rings. The Hall–Kier alpha value is -0.860. The molecular formula is C5H9FN2. The van der Waals surface area contributed by atoms with Gasteiger partial charge in [-0.3, -0.25) is 5.41 Å². The van der Waals surface area contributed by atoms with Gasteiger partial charge in [-0.25, -0.2) is 4.39 Å². The van der Waals surface area contributed by atoms with E-state index in [9.17, 15) is 4.39 Å². The molecule has 0 aromatic rings. The fourth-order valence-corrected chi connectivity index (χ4v) is 0.269. The summed E-state index contributed by atoms with van der Waals surface area (Å²) in [7, 11) is 0. The third-order valence-corrected chi connectivity index (χ3v) is 0.675. The summed E-state index contributed by atoms with van der Waals surface area (Å²) in [5.74, 6) is -1.12. The van der Waals surface area contributed by atoms with Crippen molar-refractivity contribution in [1.82, 2.24) is 0 Å². The molecule has 0 unspecified atom stereocenters. The van der Waals surface area contributed by atoms with Crippen LogP contribution < -0.4 is 5.73 Å². The summed E-state index contributed by atoms with van der Waals surface area (Å²) in [6.45, 7) is 3.13. The van der Waals surface area contributed by atoms with Gasteiger partial charge < -0.3 is 5.73 Å². The zero-order chi connectivity index (χ0) is 6.73. The second kappa shape index (κ2) is 2.45. The van der Waals surface area contributed by atoms with Crippen molar-refractivity contribution < 1.29 is 4.39 Å². The molecule has 0 saturated heterocycles. The maximum atomic E-state index is 12.2. The molecule has 2 nitrogen and oxygen atoms in total. The largest absolute Gasteiger partial charge is 0.382 e. The van der Waals surface area contributed by atoms with Crippen molar-refractivity contribution in [2.75, 3.05) is 0 Å². The van der Waals surface area contributed by atoms with Crippen LogP contribution in [0, 0.1) is 5.41 Å². The lowest BCUT2D eigenvalue weighted by atomic mass is 10.3. The van der Waals surface area contributed by atoms with Crippen molar-refractivity contribution in [3.05, 3.63) is 11.4 Å². The highest BCUT2D eigenvalue weighted by atomic mass is 19.1. The molecule has 0 amide bonds. The summed E-state index contributed by atoms with van der Waals surface area (Å²) in [6.07, 6.45) is 0. The number of nitrogens with one attached hydrogen (secondary N) is 1. The van der Waals surface area contributed by atoms with Crippen LogP contribution in [-0.4, -0.2) is 5.84 Å². The van der Waals surface area contributed by atoms with Gasteiger partial charge in [-0.1, -0.05) is 0 Å². The average molecular weight is 116 g/mol. The van der Waals surface area contributed by atoms with Gasteiger partial charge in [-0.2, -0.15) is 0 Å². The molecule has 0 heterocycles. The minimum Gasteiger partial charge on any atom is -0.382 e. The van der Waals surface area contributed by atoms with Crippen molar-refractivity contribution in [3.63, 3.8) is 0 Å². The van der Waals surface area contributed by atoms with E-state index in [2.05, 4.69) is 0 Å². The molecule has 0 saturated carbocycles. The van der Waals surface area contributed by atoms with Crippen LogP contribution in [0.15, 0.2) is 11.4 Å². The van der Waals surface area contributed by atoms with Crippen LogP contribution in [-0.2, 0) is 0 Å². The van der Waals surface area contributed by atoms with Crippen LogP contribution in [0.2, 0.25) is 0 Å². The van der Waals surface area contributed by atoms with Crippen LogP contribution in [0.4, 0.5) is 4.39 Å². The Bertz CT molecular complexity index is 133. The topological polar surface area (TPSA) is 49.9 Å². The van der Waals surface area contributed by atoms with E-state index in [0.717, 1.165) is 0 Å². The summed E-state index contributed by atoms with van der Waals surface area (Å²) in [6, 6.07) is 0. The van der Waals surface area contributed by atoms with Crippen molar-refractivity contribution >= 4 is 5.84 Å². The fraction of sp³-hybridized carbons (Fsp3) is 0.400. The quantitative estimate of drug-likeness (QED) is 0.392. The van der Waals surface area contributed by atoms with Gasteiger partial charge >= 0.3 is 0 Å². The van der Waals surface area contributed by atoms with E-state index in [1.165, 1.54) is 0 Å². The van der Waals surface area contributed by atoms with E-state index < -0.39 is 11.7 Å². The smallest absolute Gasteiger partial charge is 0.163 e.